The molecule has 1 aliphatic heterocycles. The fourth-order valence-corrected chi connectivity index (χ4v) is 2.60. The Bertz CT molecular complexity index is 302. The third kappa shape index (κ3) is 2.88. The van der Waals surface area contributed by atoms with Gasteiger partial charge in [0.05, 0.1) is 12.1 Å². The Hall–Kier alpha value is -0.760. The van der Waals surface area contributed by atoms with Gasteiger partial charge < -0.3 is 10.4 Å². The van der Waals surface area contributed by atoms with Gasteiger partial charge in [-0.3, -0.25) is 0 Å². The molecule has 1 rings (SSSR count). The van der Waals surface area contributed by atoms with Crippen molar-refractivity contribution in [3.63, 3.8) is 0 Å². The van der Waals surface area contributed by atoms with Crippen molar-refractivity contribution in [1.29, 1.82) is 0 Å². The van der Waals surface area contributed by atoms with Crippen molar-refractivity contribution in [1.82, 2.24) is 5.32 Å². The van der Waals surface area contributed by atoms with Crippen molar-refractivity contribution in [2.24, 2.45) is 5.92 Å². The fourth-order valence-electron chi connectivity index (χ4n) is 2.60. The van der Waals surface area contributed by atoms with Crippen LogP contribution in [0.4, 0.5) is 0 Å². The van der Waals surface area contributed by atoms with E-state index in [4.69, 9.17) is 0 Å². The largest absolute Gasteiger partial charge is 0.391 e. The van der Waals surface area contributed by atoms with Crippen molar-refractivity contribution in [3.05, 3.63) is 22.9 Å². The van der Waals surface area contributed by atoms with Crippen LogP contribution in [0.15, 0.2) is 22.9 Å². The number of aliphatic hydroxyl groups is 1. The molecule has 1 heterocycles. The van der Waals surface area contributed by atoms with Crippen LogP contribution in [0.25, 0.3) is 0 Å². The number of hydrogen-bond acceptors (Lipinski definition) is 2. The first-order valence-electron chi connectivity index (χ1n) is 6.31. The Labute approximate surface area is 99.4 Å². The molecular weight excluding hydrogens is 198 g/mol. The van der Waals surface area contributed by atoms with Gasteiger partial charge in [0.1, 0.15) is 0 Å². The van der Waals surface area contributed by atoms with Crippen molar-refractivity contribution in [2.75, 3.05) is 0 Å². The van der Waals surface area contributed by atoms with Gasteiger partial charge in [-0.15, -0.1) is 0 Å². The number of dihydropyridines is 1. The van der Waals surface area contributed by atoms with E-state index in [0.29, 0.717) is 5.92 Å². The summed E-state index contributed by atoms with van der Waals surface area (Å²) in [6.07, 6.45) is 3.77. The summed E-state index contributed by atoms with van der Waals surface area (Å²) in [5.41, 5.74) is 3.92. The minimum atomic E-state index is -0.274. The van der Waals surface area contributed by atoms with E-state index in [-0.39, 0.29) is 12.1 Å². The smallest absolute Gasteiger partial charge is 0.0777 e. The molecule has 2 N–H and O–H groups in total. The molecule has 0 saturated carbocycles. The van der Waals surface area contributed by atoms with E-state index in [1.807, 2.05) is 0 Å². The summed E-state index contributed by atoms with van der Waals surface area (Å²) in [4.78, 5) is 0. The molecule has 0 bridgehead atoms. The van der Waals surface area contributed by atoms with Gasteiger partial charge in [0.2, 0.25) is 0 Å². The SMILES string of the molecule is CCCC(O)C1C=C(C)C(C(C)C)=C(C)N1. The summed E-state index contributed by atoms with van der Waals surface area (Å²) in [7, 11) is 0. The minimum Gasteiger partial charge on any atom is -0.391 e. The number of hydrogen-bond donors (Lipinski definition) is 2. The zero-order valence-corrected chi connectivity index (χ0v) is 11.2. The molecule has 0 radical (unpaired) electrons. The van der Waals surface area contributed by atoms with Gasteiger partial charge in [-0.25, -0.2) is 0 Å². The molecule has 0 aromatic rings. The molecule has 0 saturated heterocycles. The summed E-state index contributed by atoms with van der Waals surface area (Å²) < 4.78 is 0. The number of nitrogens with one attached hydrogen (secondary N) is 1. The highest BCUT2D eigenvalue weighted by Gasteiger charge is 2.23. The molecule has 2 heteroatoms. The predicted octanol–water partition coefficient (Wildman–Crippen LogP) is 3.00. The topological polar surface area (TPSA) is 32.3 Å². The molecular formula is C14H25NO. The van der Waals surface area contributed by atoms with Crippen LogP contribution in [0.3, 0.4) is 0 Å². The molecule has 16 heavy (non-hydrogen) atoms. The van der Waals surface area contributed by atoms with Crippen LogP contribution in [-0.4, -0.2) is 17.3 Å². The van der Waals surface area contributed by atoms with Crippen LogP contribution in [0.1, 0.15) is 47.5 Å². The molecule has 2 nitrogen and oxygen atoms in total. The van der Waals surface area contributed by atoms with E-state index in [0.717, 1.165) is 12.8 Å². The van der Waals surface area contributed by atoms with Crippen molar-refractivity contribution >= 4 is 0 Å². The zero-order chi connectivity index (χ0) is 12.3. The summed E-state index contributed by atoms with van der Waals surface area (Å²) in [6.45, 7) is 10.8. The summed E-state index contributed by atoms with van der Waals surface area (Å²) in [5, 5.41) is 13.4. The second-order valence-electron chi connectivity index (χ2n) is 5.07. The Morgan fingerprint density at radius 2 is 2.00 bits per heavy atom. The van der Waals surface area contributed by atoms with Gasteiger partial charge in [-0.2, -0.15) is 0 Å². The van der Waals surface area contributed by atoms with Crippen molar-refractivity contribution < 1.29 is 5.11 Å². The molecule has 0 amide bonds. The molecule has 0 fully saturated rings. The molecule has 2 atom stereocenters. The summed E-state index contributed by atoms with van der Waals surface area (Å²) in [5.74, 6) is 0.535. The minimum absolute atomic E-state index is 0.0856. The van der Waals surface area contributed by atoms with Gasteiger partial charge in [0.15, 0.2) is 0 Å². The van der Waals surface area contributed by atoms with Crippen molar-refractivity contribution in [3.8, 4) is 0 Å². The maximum absolute atomic E-state index is 10.0. The fraction of sp³-hybridized carbons (Fsp3) is 0.714. The lowest BCUT2D eigenvalue weighted by Gasteiger charge is -2.31. The lowest BCUT2D eigenvalue weighted by Crippen LogP contribution is -2.40. The number of allylic oxidation sites excluding steroid dienone is 3. The van der Waals surface area contributed by atoms with Crippen LogP contribution >= 0.6 is 0 Å². The van der Waals surface area contributed by atoms with Crippen LogP contribution in [0, 0.1) is 5.92 Å². The normalized spacial score (nSPS) is 23.2. The van der Waals surface area contributed by atoms with Crippen molar-refractivity contribution in [2.45, 2.75) is 59.6 Å². The lowest BCUT2D eigenvalue weighted by atomic mass is 9.88. The van der Waals surface area contributed by atoms with E-state index in [9.17, 15) is 5.11 Å². The van der Waals surface area contributed by atoms with Crippen LogP contribution in [-0.2, 0) is 0 Å². The first kappa shape index (κ1) is 13.3. The Balaban J connectivity index is 2.82. The summed E-state index contributed by atoms with van der Waals surface area (Å²) in [6, 6.07) is 0.0856. The Morgan fingerprint density at radius 3 is 2.44 bits per heavy atom. The maximum Gasteiger partial charge on any atom is 0.0777 e. The highest BCUT2D eigenvalue weighted by molar-refractivity contribution is 5.39. The number of rotatable bonds is 4. The highest BCUT2D eigenvalue weighted by atomic mass is 16.3. The van der Waals surface area contributed by atoms with Gasteiger partial charge in [-0.1, -0.05) is 33.3 Å². The predicted molar refractivity (Wildman–Crippen MR) is 69.1 cm³/mol. The van der Waals surface area contributed by atoms with E-state index < -0.39 is 0 Å². The molecule has 2 unspecified atom stereocenters. The molecule has 0 aliphatic carbocycles. The van der Waals surface area contributed by atoms with Crippen LogP contribution in [0.2, 0.25) is 0 Å². The van der Waals surface area contributed by atoms with Gasteiger partial charge in [0, 0.05) is 5.70 Å². The second-order valence-corrected chi connectivity index (χ2v) is 5.07. The van der Waals surface area contributed by atoms with Crippen LogP contribution in [0.5, 0.6) is 0 Å². The monoisotopic (exact) mass is 223 g/mol. The third-order valence-electron chi connectivity index (χ3n) is 3.22. The molecule has 0 aromatic carbocycles. The summed E-state index contributed by atoms with van der Waals surface area (Å²) >= 11 is 0. The Morgan fingerprint density at radius 1 is 1.38 bits per heavy atom. The third-order valence-corrected chi connectivity index (χ3v) is 3.22. The van der Waals surface area contributed by atoms with E-state index in [2.05, 4.69) is 46.0 Å². The quantitative estimate of drug-likeness (QED) is 0.768. The molecule has 1 aliphatic rings. The number of aliphatic hydroxyl groups excluding tert-OH is 1. The Kier molecular flexibility index (Phi) is 4.60. The van der Waals surface area contributed by atoms with Gasteiger partial charge in [0.25, 0.3) is 0 Å². The first-order valence-corrected chi connectivity index (χ1v) is 6.31. The average Bonchev–Trinajstić information content (AvgIpc) is 2.16. The highest BCUT2D eigenvalue weighted by Crippen LogP contribution is 2.27. The zero-order valence-electron chi connectivity index (χ0n) is 11.2. The van der Waals surface area contributed by atoms with E-state index in [1.165, 1.54) is 16.8 Å². The molecule has 92 valence electrons. The average molecular weight is 223 g/mol. The van der Waals surface area contributed by atoms with Gasteiger partial charge in [-0.05, 0) is 37.3 Å². The van der Waals surface area contributed by atoms with E-state index >= 15 is 0 Å². The maximum atomic E-state index is 10.0. The van der Waals surface area contributed by atoms with E-state index in [1.54, 1.807) is 0 Å². The molecule has 0 spiro atoms. The standard InChI is InChI=1S/C14H25NO/c1-6-7-13(16)12-8-10(4)14(9(2)3)11(5)15-12/h8-9,12-13,15-16H,6-7H2,1-5H3. The first-order chi connectivity index (χ1) is 7.47. The second kappa shape index (κ2) is 5.53. The molecule has 0 aromatic heterocycles. The van der Waals surface area contributed by atoms with Gasteiger partial charge >= 0.3 is 0 Å². The van der Waals surface area contributed by atoms with Crippen LogP contribution < -0.4 is 5.32 Å². The lowest BCUT2D eigenvalue weighted by molar-refractivity contribution is 0.138.